The first-order valence-corrected chi connectivity index (χ1v) is 5.36. The Bertz CT molecular complexity index is 319. The summed E-state index contributed by atoms with van der Waals surface area (Å²) in [5, 5.41) is 3.33. The Morgan fingerprint density at radius 2 is 2.13 bits per heavy atom. The quantitative estimate of drug-likeness (QED) is 0.810. The molecule has 1 atom stereocenters. The van der Waals surface area contributed by atoms with Crippen molar-refractivity contribution in [2.75, 3.05) is 6.54 Å². The van der Waals surface area contributed by atoms with Gasteiger partial charge in [-0.25, -0.2) is 8.78 Å². The van der Waals surface area contributed by atoms with E-state index in [1.807, 2.05) is 12.1 Å². The maximum absolute atomic E-state index is 12.7. The first-order valence-electron chi connectivity index (χ1n) is 5.36. The fourth-order valence-corrected chi connectivity index (χ4v) is 2.13. The van der Waals surface area contributed by atoms with Gasteiger partial charge in [0.25, 0.3) is 6.43 Å². The average Bonchev–Trinajstić information content (AvgIpc) is 2.71. The Kier molecular flexibility index (Phi) is 3.31. The van der Waals surface area contributed by atoms with E-state index >= 15 is 0 Å². The molecule has 0 radical (unpaired) electrons. The average molecular weight is 211 g/mol. The minimum atomic E-state index is -2.36. The lowest BCUT2D eigenvalue weighted by atomic mass is 9.99. The van der Waals surface area contributed by atoms with Crippen LogP contribution < -0.4 is 5.32 Å². The maximum Gasteiger partial charge on any atom is 0.264 e. The summed E-state index contributed by atoms with van der Waals surface area (Å²) in [5.41, 5.74) is 0.970. The summed E-state index contributed by atoms with van der Waals surface area (Å²) >= 11 is 0. The molecule has 82 valence electrons. The third-order valence-electron chi connectivity index (χ3n) is 2.92. The Balaban J connectivity index is 2.12. The van der Waals surface area contributed by atoms with Crippen LogP contribution in [0.4, 0.5) is 8.78 Å². The van der Waals surface area contributed by atoms with Crippen molar-refractivity contribution in [3.63, 3.8) is 0 Å². The lowest BCUT2D eigenvalue weighted by molar-refractivity contribution is 0.150. The van der Waals surface area contributed by atoms with Gasteiger partial charge in [0.1, 0.15) is 0 Å². The maximum atomic E-state index is 12.7. The van der Waals surface area contributed by atoms with Crippen LogP contribution >= 0.6 is 0 Å². The number of rotatable bonds is 3. The molecule has 1 saturated heterocycles. The molecule has 1 aromatic carbocycles. The molecule has 1 aromatic rings. The summed E-state index contributed by atoms with van der Waals surface area (Å²) in [6, 6.07) is 7.21. The van der Waals surface area contributed by atoms with Gasteiger partial charge in [-0.3, -0.25) is 0 Å². The van der Waals surface area contributed by atoms with Crippen molar-refractivity contribution in [1.82, 2.24) is 5.32 Å². The summed E-state index contributed by atoms with van der Waals surface area (Å²) in [7, 11) is 0. The van der Waals surface area contributed by atoms with E-state index in [2.05, 4.69) is 5.32 Å². The van der Waals surface area contributed by atoms with Crippen molar-refractivity contribution in [2.45, 2.75) is 31.7 Å². The highest BCUT2D eigenvalue weighted by atomic mass is 19.3. The third kappa shape index (κ3) is 2.53. The normalized spacial score (nSPS) is 21.1. The summed E-state index contributed by atoms with van der Waals surface area (Å²) < 4.78 is 25.4. The highest BCUT2D eigenvalue weighted by Crippen LogP contribution is 2.24. The minimum Gasteiger partial charge on any atom is -0.314 e. The molecule has 0 aromatic heterocycles. The van der Waals surface area contributed by atoms with E-state index in [4.69, 9.17) is 0 Å². The molecule has 1 heterocycles. The van der Waals surface area contributed by atoms with Crippen LogP contribution in [-0.2, 0) is 6.42 Å². The number of alkyl halides is 2. The van der Waals surface area contributed by atoms with Gasteiger partial charge in [-0.1, -0.05) is 24.3 Å². The zero-order chi connectivity index (χ0) is 10.7. The van der Waals surface area contributed by atoms with E-state index in [0.29, 0.717) is 6.04 Å². The SMILES string of the molecule is FC(F)c1ccccc1CC1CCCN1. The van der Waals surface area contributed by atoms with E-state index in [-0.39, 0.29) is 5.56 Å². The minimum absolute atomic E-state index is 0.186. The molecule has 1 nitrogen and oxygen atoms in total. The van der Waals surface area contributed by atoms with Crippen LogP contribution in [0.25, 0.3) is 0 Å². The van der Waals surface area contributed by atoms with Crippen molar-refractivity contribution < 1.29 is 8.78 Å². The standard InChI is InChI=1S/C12H15F2N/c13-12(14)11-6-2-1-4-9(11)8-10-5-3-7-15-10/h1-2,4,6,10,12,15H,3,5,7-8H2. The smallest absolute Gasteiger partial charge is 0.264 e. The number of benzene rings is 1. The number of halogens is 2. The summed E-state index contributed by atoms with van der Waals surface area (Å²) in [4.78, 5) is 0. The second-order valence-corrected chi connectivity index (χ2v) is 4.00. The van der Waals surface area contributed by atoms with Gasteiger partial charge in [-0.2, -0.15) is 0 Å². The number of hydrogen-bond acceptors (Lipinski definition) is 1. The predicted molar refractivity (Wildman–Crippen MR) is 56.1 cm³/mol. The molecule has 1 fully saturated rings. The third-order valence-corrected chi connectivity index (χ3v) is 2.92. The van der Waals surface area contributed by atoms with Crippen LogP contribution in [0.15, 0.2) is 24.3 Å². The zero-order valence-corrected chi connectivity index (χ0v) is 8.55. The van der Waals surface area contributed by atoms with Crippen LogP contribution in [0.1, 0.15) is 30.4 Å². The van der Waals surface area contributed by atoms with Gasteiger partial charge in [0.2, 0.25) is 0 Å². The topological polar surface area (TPSA) is 12.0 Å². The van der Waals surface area contributed by atoms with Gasteiger partial charge < -0.3 is 5.32 Å². The molecule has 1 unspecified atom stereocenters. The van der Waals surface area contributed by atoms with Gasteiger partial charge in [-0.05, 0) is 31.4 Å². The molecule has 0 spiro atoms. The fraction of sp³-hybridized carbons (Fsp3) is 0.500. The fourth-order valence-electron chi connectivity index (χ4n) is 2.13. The summed E-state index contributed by atoms with van der Waals surface area (Å²) in [6.45, 7) is 1.02. The molecule has 15 heavy (non-hydrogen) atoms. The Labute approximate surface area is 88.5 Å². The molecule has 0 saturated carbocycles. The first kappa shape index (κ1) is 10.6. The van der Waals surface area contributed by atoms with E-state index in [1.54, 1.807) is 6.07 Å². The Hall–Kier alpha value is -0.960. The van der Waals surface area contributed by atoms with E-state index in [1.165, 1.54) is 6.07 Å². The van der Waals surface area contributed by atoms with Crippen molar-refractivity contribution in [3.8, 4) is 0 Å². The van der Waals surface area contributed by atoms with E-state index in [9.17, 15) is 8.78 Å². The lowest BCUT2D eigenvalue weighted by Crippen LogP contribution is -2.24. The van der Waals surface area contributed by atoms with Crippen molar-refractivity contribution in [2.24, 2.45) is 0 Å². The number of nitrogens with one attached hydrogen (secondary N) is 1. The molecule has 1 aliphatic heterocycles. The second kappa shape index (κ2) is 4.71. The number of hydrogen-bond donors (Lipinski definition) is 1. The van der Waals surface area contributed by atoms with Crippen LogP contribution in [0.2, 0.25) is 0 Å². The first-order chi connectivity index (χ1) is 7.27. The van der Waals surface area contributed by atoms with Gasteiger partial charge in [-0.15, -0.1) is 0 Å². The second-order valence-electron chi connectivity index (χ2n) is 4.00. The van der Waals surface area contributed by atoms with Crippen LogP contribution in [0.3, 0.4) is 0 Å². The van der Waals surface area contributed by atoms with Crippen LogP contribution in [-0.4, -0.2) is 12.6 Å². The summed E-state index contributed by atoms with van der Waals surface area (Å²) in [5.74, 6) is 0. The molecule has 3 heteroatoms. The van der Waals surface area contributed by atoms with Gasteiger partial charge in [0.15, 0.2) is 0 Å². The zero-order valence-electron chi connectivity index (χ0n) is 8.55. The van der Waals surface area contributed by atoms with E-state index in [0.717, 1.165) is 31.4 Å². The molecular formula is C12H15F2N. The van der Waals surface area contributed by atoms with Crippen LogP contribution in [0.5, 0.6) is 0 Å². The molecular weight excluding hydrogens is 196 g/mol. The van der Waals surface area contributed by atoms with Gasteiger partial charge in [0.05, 0.1) is 0 Å². The molecule has 1 N–H and O–H groups in total. The lowest BCUT2D eigenvalue weighted by Gasteiger charge is -2.13. The largest absolute Gasteiger partial charge is 0.314 e. The Morgan fingerprint density at radius 3 is 2.80 bits per heavy atom. The van der Waals surface area contributed by atoms with Crippen molar-refractivity contribution >= 4 is 0 Å². The van der Waals surface area contributed by atoms with Crippen molar-refractivity contribution in [1.29, 1.82) is 0 Å². The molecule has 2 rings (SSSR count). The van der Waals surface area contributed by atoms with Crippen LogP contribution in [0, 0.1) is 0 Å². The molecule has 0 bridgehead atoms. The molecule has 0 amide bonds. The van der Waals surface area contributed by atoms with Crippen molar-refractivity contribution in [3.05, 3.63) is 35.4 Å². The molecule has 0 aliphatic carbocycles. The Morgan fingerprint density at radius 1 is 1.33 bits per heavy atom. The predicted octanol–water partition coefficient (Wildman–Crippen LogP) is 2.92. The summed E-state index contributed by atoms with van der Waals surface area (Å²) in [6.07, 6.45) is 0.613. The van der Waals surface area contributed by atoms with E-state index < -0.39 is 6.43 Å². The highest BCUT2D eigenvalue weighted by molar-refractivity contribution is 5.29. The van der Waals surface area contributed by atoms with Gasteiger partial charge >= 0.3 is 0 Å². The van der Waals surface area contributed by atoms with Gasteiger partial charge in [0, 0.05) is 11.6 Å². The molecule has 1 aliphatic rings. The highest BCUT2D eigenvalue weighted by Gasteiger charge is 2.18. The monoisotopic (exact) mass is 211 g/mol.